The smallest absolute Gasteiger partial charge is 0.293 e. The van der Waals surface area contributed by atoms with Crippen molar-refractivity contribution in [3.8, 4) is 0 Å². The molecular weight excluding hydrogens is 340 g/mol. The van der Waals surface area contributed by atoms with Crippen molar-refractivity contribution in [2.24, 2.45) is 0 Å². The third kappa shape index (κ3) is 3.19. The molecule has 1 aromatic carbocycles. The Hall–Kier alpha value is -1.40. The van der Waals surface area contributed by atoms with Crippen LogP contribution >= 0.6 is 27.3 Å². The van der Waals surface area contributed by atoms with Gasteiger partial charge < -0.3 is 5.32 Å². The first-order valence-corrected chi connectivity index (χ1v) is 7.77. The van der Waals surface area contributed by atoms with Crippen LogP contribution in [0.3, 0.4) is 0 Å². The molecule has 0 spiro atoms. The molecule has 2 aromatic rings. The van der Waals surface area contributed by atoms with Crippen LogP contribution in [-0.4, -0.2) is 4.92 Å². The van der Waals surface area contributed by atoms with E-state index in [1.54, 1.807) is 23.5 Å². The van der Waals surface area contributed by atoms with Crippen molar-refractivity contribution in [3.63, 3.8) is 0 Å². The number of rotatable bonds is 4. The third-order valence-corrected chi connectivity index (χ3v) is 4.55. The quantitative estimate of drug-likeness (QED) is 0.605. The van der Waals surface area contributed by atoms with Crippen LogP contribution in [0.1, 0.15) is 28.3 Å². The van der Waals surface area contributed by atoms with Gasteiger partial charge >= 0.3 is 0 Å². The Morgan fingerprint density at radius 3 is 2.60 bits per heavy atom. The van der Waals surface area contributed by atoms with Crippen LogP contribution in [0.25, 0.3) is 0 Å². The van der Waals surface area contributed by atoms with E-state index in [-0.39, 0.29) is 16.7 Å². The second-order valence-electron chi connectivity index (χ2n) is 4.65. The Kier molecular flexibility index (Phi) is 4.45. The van der Waals surface area contributed by atoms with Gasteiger partial charge in [0.05, 0.1) is 4.92 Å². The summed E-state index contributed by atoms with van der Waals surface area (Å²) in [6.45, 7) is 6.15. The standard InChI is InChI=1S/C14H15BrN2O2S/c1-8-6-12(10(3)20-8)9(2)16-13-5-4-11(15)7-14(13)17(18)19/h4-7,9,16H,1-3H3. The van der Waals surface area contributed by atoms with Gasteiger partial charge in [0, 0.05) is 26.3 Å². The molecule has 1 N–H and O–H groups in total. The van der Waals surface area contributed by atoms with Crippen molar-refractivity contribution in [2.45, 2.75) is 26.8 Å². The first kappa shape index (κ1) is 15.0. The van der Waals surface area contributed by atoms with Gasteiger partial charge in [-0.05, 0) is 44.5 Å². The third-order valence-electron chi connectivity index (χ3n) is 3.07. The maximum absolute atomic E-state index is 11.1. The van der Waals surface area contributed by atoms with E-state index in [1.165, 1.54) is 21.4 Å². The van der Waals surface area contributed by atoms with Crippen molar-refractivity contribution in [3.05, 3.63) is 54.2 Å². The van der Waals surface area contributed by atoms with E-state index in [0.29, 0.717) is 10.2 Å². The number of anilines is 1. The molecule has 1 unspecified atom stereocenters. The number of halogens is 1. The molecule has 0 amide bonds. The number of nitrogens with zero attached hydrogens (tertiary/aromatic N) is 1. The largest absolute Gasteiger partial charge is 0.373 e. The summed E-state index contributed by atoms with van der Waals surface area (Å²) in [4.78, 5) is 13.2. The molecule has 0 aliphatic rings. The lowest BCUT2D eigenvalue weighted by atomic mass is 10.1. The van der Waals surface area contributed by atoms with E-state index < -0.39 is 0 Å². The molecule has 20 heavy (non-hydrogen) atoms. The van der Waals surface area contributed by atoms with Crippen LogP contribution in [0.15, 0.2) is 28.7 Å². The maximum atomic E-state index is 11.1. The molecule has 0 saturated carbocycles. The number of hydrogen-bond donors (Lipinski definition) is 1. The van der Waals surface area contributed by atoms with Gasteiger partial charge in [-0.2, -0.15) is 0 Å². The molecule has 2 rings (SSSR count). The van der Waals surface area contributed by atoms with E-state index in [1.807, 2.05) is 6.92 Å². The fraction of sp³-hybridized carbons (Fsp3) is 0.286. The monoisotopic (exact) mass is 354 g/mol. The number of nitrogens with one attached hydrogen (secondary N) is 1. The minimum absolute atomic E-state index is 0.0276. The average Bonchev–Trinajstić information content (AvgIpc) is 2.70. The maximum Gasteiger partial charge on any atom is 0.293 e. The number of nitro benzene ring substituents is 1. The summed E-state index contributed by atoms with van der Waals surface area (Å²) in [6.07, 6.45) is 0. The summed E-state index contributed by atoms with van der Waals surface area (Å²) in [5.74, 6) is 0. The molecular formula is C14H15BrN2O2S. The first-order valence-electron chi connectivity index (χ1n) is 6.16. The summed E-state index contributed by atoms with van der Waals surface area (Å²) in [6, 6.07) is 7.20. The van der Waals surface area contributed by atoms with E-state index >= 15 is 0 Å². The number of thiophene rings is 1. The highest BCUT2D eigenvalue weighted by atomic mass is 79.9. The molecule has 0 fully saturated rings. The van der Waals surface area contributed by atoms with Gasteiger partial charge in [0.2, 0.25) is 0 Å². The van der Waals surface area contributed by atoms with Gasteiger partial charge in [0.25, 0.3) is 5.69 Å². The van der Waals surface area contributed by atoms with Crippen LogP contribution in [0.2, 0.25) is 0 Å². The molecule has 0 bridgehead atoms. The number of hydrogen-bond acceptors (Lipinski definition) is 4. The first-order chi connectivity index (χ1) is 9.38. The molecule has 0 saturated heterocycles. The van der Waals surface area contributed by atoms with E-state index in [2.05, 4.69) is 41.2 Å². The summed E-state index contributed by atoms with van der Waals surface area (Å²) in [5.41, 5.74) is 1.80. The van der Waals surface area contributed by atoms with Gasteiger partial charge in [0.1, 0.15) is 5.69 Å². The highest BCUT2D eigenvalue weighted by molar-refractivity contribution is 9.10. The van der Waals surface area contributed by atoms with Crippen molar-refractivity contribution in [1.29, 1.82) is 0 Å². The van der Waals surface area contributed by atoms with Crippen molar-refractivity contribution < 1.29 is 4.92 Å². The minimum Gasteiger partial charge on any atom is -0.373 e. The molecule has 0 aliphatic heterocycles. The lowest BCUT2D eigenvalue weighted by Crippen LogP contribution is -2.08. The number of aryl methyl sites for hydroxylation is 2. The van der Waals surface area contributed by atoms with Gasteiger partial charge in [-0.1, -0.05) is 15.9 Å². The Morgan fingerprint density at radius 2 is 2.05 bits per heavy atom. The van der Waals surface area contributed by atoms with E-state index in [4.69, 9.17) is 0 Å². The highest BCUT2D eigenvalue weighted by Crippen LogP contribution is 2.33. The molecule has 1 atom stereocenters. The SMILES string of the molecule is Cc1cc(C(C)Nc2ccc(Br)cc2[N+](=O)[O-])c(C)s1. The van der Waals surface area contributed by atoms with Crippen LogP contribution in [0.5, 0.6) is 0 Å². The summed E-state index contributed by atoms with van der Waals surface area (Å²) in [7, 11) is 0. The van der Waals surface area contributed by atoms with Crippen LogP contribution < -0.4 is 5.32 Å². The van der Waals surface area contributed by atoms with Crippen LogP contribution in [-0.2, 0) is 0 Å². The van der Waals surface area contributed by atoms with Gasteiger partial charge in [-0.25, -0.2) is 0 Å². The molecule has 0 radical (unpaired) electrons. The van der Waals surface area contributed by atoms with Gasteiger partial charge in [-0.15, -0.1) is 11.3 Å². The Bertz CT molecular complexity index is 655. The van der Waals surface area contributed by atoms with Gasteiger partial charge in [0.15, 0.2) is 0 Å². The van der Waals surface area contributed by atoms with E-state index in [9.17, 15) is 10.1 Å². The predicted octanol–water partition coefficient (Wildman–Crippen LogP) is 5.21. The normalized spacial score (nSPS) is 12.2. The number of benzene rings is 1. The Balaban J connectivity index is 2.30. The molecule has 4 nitrogen and oxygen atoms in total. The van der Waals surface area contributed by atoms with Crippen molar-refractivity contribution in [1.82, 2.24) is 0 Å². The fourth-order valence-corrected chi connectivity index (χ4v) is 3.54. The summed E-state index contributed by atoms with van der Waals surface area (Å²) in [5, 5.41) is 14.3. The average molecular weight is 355 g/mol. The highest BCUT2D eigenvalue weighted by Gasteiger charge is 2.18. The summed E-state index contributed by atoms with van der Waals surface area (Å²) >= 11 is 5.00. The molecule has 106 valence electrons. The Labute approximate surface area is 130 Å². The lowest BCUT2D eigenvalue weighted by molar-refractivity contribution is -0.384. The summed E-state index contributed by atoms with van der Waals surface area (Å²) < 4.78 is 0.699. The zero-order valence-corrected chi connectivity index (χ0v) is 13.8. The van der Waals surface area contributed by atoms with Crippen LogP contribution in [0, 0.1) is 24.0 Å². The molecule has 1 aromatic heterocycles. The van der Waals surface area contributed by atoms with Crippen LogP contribution in [0.4, 0.5) is 11.4 Å². The van der Waals surface area contributed by atoms with Crippen molar-refractivity contribution >= 4 is 38.6 Å². The molecule has 0 aliphatic carbocycles. The molecule has 1 heterocycles. The fourth-order valence-electron chi connectivity index (χ4n) is 2.17. The van der Waals surface area contributed by atoms with E-state index in [0.717, 1.165) is 0 Å². The Morgan fingerprint density at radius 1 is 1.35 bits per heavy atom. The second kappa shape index (κ2) is 5.93. The number of nitro groups is 1. The minimum atomic E-state index is -0.370. The zero-order valence-electron chi connectivity index (χ0n) is 11.4. The van der Waals surface area contributed by atoms with Gasteiger partial charge in [-0.3, -0.25) is 10.1 Å². The van der Waals surface area contributed by atoms with Crippen molar-refractivity contribution in [2.75, 3.05) is 5.32 Å². The second-order valence-corrected chi connectivity index (χ2v) is 7.03. The molecule has 6 heteroatoms. The zero-order chi connectivity index (χ0) is 14.9. The lowest BCUT2D eigenvalue weighted by Gasteiger charge is -2.15. The predicted molar refractivity (Wildman–Crippen MR) is 86.6 cm³/mol. The topological polar surface area (TPSA) is 55.2 Å².